The summed E-state index contributed by atoms with van der Waals surface area (Å²) in [5.74, 6) is -0.321. The normalized spacial score (nSPS) is 11.1. The standard InChI is InChI=1S/C14H21N5O2/c1-5-10(6-2)19-9(4)11(7-15-19)13(20)16-12-8(3)17-18-14(12)21/h7,10H,5-6H2,1-4H3,(H,16,20)(H2,17,18,21). The van der Waals surface area contributed by atoms with Crippen molar-refractivity contribution in [1.82, 2.24) is 20.0 Å². The number of anilines is 1. The molecule has 0 atom stereocenters. The molecule has 114 valence electrons. The minimum absolute atomic E-state index is 0.245. The Morgan fingerprint density at radius 3 is 2.52 bits per heavy atom. The maximum Gasteiger partial charge on any atom is 0.287 e. The summed E-state index contributed by atoms with van der Waals surface area (Å²) in [6, 6.07) is 0.281. The fourth-order valence-corrected chi connectivity index (χ4v) is 2.43. The molecular weight excluding hydrogens is 270 g/mol. The second kappa shape index (κ2) is 5.99. The van der Waals surface area contributed by atoms with Crippen LogP contribution in [0.3, 0.4) is 0 Å². The minimum Gasteiger partial charge on any atom is -0.316 e. The molecule has 2 aromatic rings. The van der Waals surface area contributed by atoms with E-state index in [0.717, 1.165) is 18.5 Å². The van der Waals surface area contributed by atoms with Crippen LogP contribution in [-0.4, -0.2) is 25.9 Å². The summed E-state index contributed by atoms with van der Waals surface area (Å²) in [5, 5.41) is 12.1. The number of nitrogens with one attached hydrogen (secondary N) is 3. The van der Waals surface area contributed by atoms with Gasteiger partial charge in [0.05, 0.1) is 23.5 Å². The Bertz CT molecular complexity index is 691. The Morgan fingerprint density at radius 1 is 1.33 bits per heavy atom. The number of hydrogen-bond acceptors (Lipinski definition) is 3. The van der Waals surface area contributed by atoms with Crippen LogP contribution in [0.25, 0.3) is 0 Å². The van der Waals surface area contributed by atoms with E-state index in [0.29, 0.717) is 11.3 Å². The third-order valence-electron chi connectivity index (χ3n) is 3.78. The van der Waals surface area contributed by atoms with E-state index in [1.807, 2.05) is 11.6 Å². The fourth-order valence-electron chi connectivity index (χ4n) is 2.43. The molecule has 0 aliphatic carbocycles. The molecule has 1 amide bonds. The Balaban J connectivity index is 2.27. The summed E-state index contributed by atoms with van der Waals surface area (Å²) in [7, 11) is 0. The van der Waals surface area contributed by atoms with Gasteiger partial charge in [-0.1, -0.05) is 13.8 Å². The van der Waals surface area contributed by atoms with Gasteiger partial charge in [0.2, 0.25) is 0 Å². The molecule has 7 nitrogen and oxygen atoms in total. The first kappa shape index (κ1) is 15.1. The SMILES string of the molecule is CCC(CC)n1ncc(C(=O)Nc2c(C)[nH][nH]c2=O)c1C. The molecule has 0 saturated heterocycles. The number of carbonyl (C=O) groups excluding carboxylic acids is 1. The zero-order valence-electron chi connectivity index (χ0n) is 12.8. The number of amides is 1. The van der Waals surface area contributed by atoms with Crippen LogP contribution in [0.4, 0.5) is 5.69 Å². The van der Waals surface area contributed by atoms with E-state index in [1.54, 1.807) is 13.1 Å². The van der Waals surface area contributed by atoms with Gasteiger partial charge in [0.15, 0.2) is 0 Å². The summed E-state index contributed by atoms with van der Waals surface area (Å²) in [6.45, 7) is 7.78. The maximum atomic E-state index is 12.3. The second-order valence-electron chi connectivity index (χ2n) is 5.09. The zero-order valence-corrected chi connectivity index (χ0v) is 12.8. The average Bonchev–Trinajstić information content (AvgIpc) is 2.98. The van der Waals surface area contributed by atoms with Crippen molar-refractivity contribution in [2.45, 2.75) is 46.6 Å². The molecule has 0 unspecified atom stereocenters. The number of aromatic amines is 2. The molecule has 21 heavy (non-hydrogen) atoms. The highest BCUT2D eigenvalue weighted by Crippen LogP contribution is 2.20. The van der Waals surface area contributed by atoms with E-state index in [9.17, 15) is 9.59 Å². The smallest absolute Gasteiger partial charge is 0.287 e. The molecule has 2 aromatic heterocycles. The molecule has 0 fully saturated rings. The first-order valence-electron chi connectivity index (χ1n) is 7.12. The predicted octanol–water partition coefficient (Wildman–Crippen LogP) is 2.13. The summed E-state index contributed by atoms with van der Waals surface area (Å²) in [4.78, 5) is 23.9. The zero-order chi connectivity index (χ0) is 15.6. The molecule has 0 aliphatic rings. The molecule has 2 heterocycles. The van der Waals surface area contributed by atoms with Crippen LogP contribution in [-0.2, 0) is 0 Å². The molecule has 3 N–H and O–H groups in total. The molecule has 0 radical (unpaired) electrons. The van der Waals surface area contributed by atoms with Gasteiger partial charge in [-0.15, -0.1) is 0 Å². The van der Waals surface area contributed by atoms with Crippen molar-refractivity contribution in [2.75, 3.05) is 5.32 Å². The summed E-state index contributed by atoms with van der Waals surface area (Å²) >= 11 is 0. The van der Waals surface area contributed by atoms with Gasteiger partial charge in [-0.3, -0.25) is 19.4 Å². The van der Waals surface area contributed by atoms with E-state index in [4.69, 9.17) is 0 Å². The van der Waals surface area contributed by atoms with Crippen molar-refractivity contribution >= 4 is 11.6 Å². The first-order chi connectivity index (χ1) is 9.99. The molecule has 0 aliphatic heterocycles. The van der Waals surface area contributed by atoms with Gasteiger partial charge in [-0.2, -0.15) is 5.10 Å². The number of H-pyrrole nitrogens is 2. The number of hydrogen-bond donors (Lipinski definition) is 3. The molecule has 2 rings (SSSR count). The summed E-state index contributed by atoms with van der Waals surface area (Å²) < 4.78 is 1.88. The number of rotatable bonds is 5. The van der Waals surface area contributed by atoms with Gasteiger partial charge in [-0.25, -0.2) is 0 Å². The van der Waals surface area contributed by atoms with Gasteiger partial charge in [0, 0.05) is 5.69 Å². The maximum absolute atomic E-state index is 12.3. The monoisotopic (exact) mass is 291 g/mol. The third kappa shape index (κ3) is 2.76. The van der Waals surface area contributed by atoms with Gasteiger partial charge < -0.3 is 10.4 Å². The molecule has 0 spiro atoms. The highest BCUT2D eigenvalue weighted by molar-refractivity contribution is 6.05. The van der Waals surface area contributed by atoms with E-state index < -0.39 is 0 Å². The van der Waals surface area contributed by atoms with Crippen LogP contribution >= 0.6 is 0 Å². The summed E-state index contributed by atoms with van der Waals surface area (Å²) in [6.07, 6.45) is 3.46. The second-order valence-corrected chi connectivity index (χ2v) is 5.09. The number of aromatic nitrogens is 4. The van der Waals surface area contributed by atoms with Crippen molar-refractivity contribution in [3.05, 3.63) is 33.5 Å². The Morgan fingerprint density at radius 2 is 2.00 bits per heavy atom. The lowest BCUT2D eigenvalue weighted by Crippen LogP contribution is -2.19. The molecule has 0 saturated carbocycles. The average molecular weight is 291 g/mol. The quantitative estimate of drug-likeness (QED) is 0.787. The Hall–Kier alpha value is -2.31. The van der Waals surface area contributed by atoms with E-state index in [-0.39, 0.29) is 23.2 Å². The topological polar surface area (TPSA) is 95.6 Å². The largest absolute Gasteiger partial charge is 0.316 e. The lowest BCUT2D eigenvalue weighted by molar-refractivity contribution is 0.102. The highest BCUT2D eigenvalue weighted by Gasteiger charge is 2.19. The van der Waals surface area contributed by atoms with Crippen LogP contribution in [0.15, 0.2) is 11.0 Å². The van der Waals surface area contributed by atoms with Crippen LogP contribution in [0, 0.1) is 13.8 Å². The van der Waals surface area contributed by atoms with Gasteiger partial charge in [-0.05, 0) is 26.7 Å². The molecule has 7 heteroatoms. The van der Waals surface area contributed by atoms with Crippen molar-refractivity contribution in [2.24, 2.45) is 0 Å². The number of nitrogens with zero attached hydrogens (tertiary/aromatic N) is 2. The van der Waals surface area contributed by atoms with Crippen LogP contribution in [0.1, 0.15) is 54.5 Å². The third-order valence-corrected chi connectivity index (χ3v) is 3.78. The minimum atomic E-state index is -0.342. The Kier molecular flexibility index (Phi) is 4.30. The Labute approximate surface area is 122 Å². The van der Waals surface area contributed by atoms with Crippen LogP contribution < -0.4 is 10.9 Å². The van der Waals surface area contributed by atoms with Crippen LogP contribution in [0.2, 0.25) is 0 Å². The molecular formula is C14H21N5O2. The van der Waals surface area contributed by atoms with E-state index in [2.05, 4.69) is 34.5 Å². The van der Waals surface area contributed by atoms with Gasteiger partial charge in [0.1, 0.15) is 5.69 Å². The number of aryl methyl sites for hydroxylation is 1. The fraction of sp³-hybridized carbons (Fsp3) is 0.500. The lowest BCUT2D eigenvalue weighted by Gasteiger charge is -2.15. The van der Waals surface area contributed by atoms with Crippen molar-refractivity contribution in [3.8, 4) is 0 Å². The van der Waals surface area contributed by atoms with Gasteiger partial charge in [0.25, 0.3) is 11.5 Å². The first-order valence-corrected chi connectivity index (χ1v) is 7.12. The lowest BCUT2D eigenvalue weighted by atomic mass is 10.1. The molecule has 0 bridgehead atoms. The molecule has 0 aromatic carbocycles. The predicted molar refractivity (Wildman–Crippen MR) is 80.7 cm³/mol. The van der Waals surface area contributed by atoms with Crippen molar-refractivity contribution < 1.29 is 4.79 Å². The highest BCUT2D eigenvalue weighted by atomic mass is 16.2. The van der Waals surface area contributed by atoms with E-state index >= 15 is 0 Å². The van der Waals surface area contributed by atoms with Gasteiger partial charge >= 0.3 is 0 Å². The van der Waals surface area contributed by atoms with E-state index in [1.165, 1.54) is 0 Å². The summed E-state index contributed by atoms with van der Waals surface area (Å²) in [5.41, 5.74) is 1.80. The number of carbonyl (C=O) groups is 1. The van der Waals surface area contributed by atoms with Crippen molar-refractivity contribution in [3.63, 3.8) is 0 Å². The van der Waals surface area contributed by atoms with Crippen LogP contribution in [0.5, 0.6) is 0 Å². The van der Waals surface area contributed by atoms with Crippen molar-refractivity contribution in [1.29, 1.82) is 0 Å².